The lowest BCUT2D eigenvalue weighted by molar-refractivity contribution is 0.106. The Hall–Kier alpha value is -1.75. The van der Waals surface area contributed by atoms with E-state index in [0.717, 1.165) is 12.1 Å². The Kier molecular flexibility index (Phi) is 2.93. The number of Topliss-reactive ketones (excluding diaryl/α,β-unsaturated/α-hetero) is 1. The summed E-state index contributed by atoms with van der Waals surface area (Å²) < 4.78 is 0. The number of phenolic OH excluding ortho intramolecular Hbond substituents is 2. The Bertz CT molecular complexity index is 402. The van der Waals surface area contributed by atoms with Gasteiger partial charge in [-0.3, -0.25) is 4.79 Å². The average molecular weight is 216 g/mol. The van der Waals surface area contributed by atoms with Crippen molar-refractivity contribution in [2.24, 2.45) is 5.16 Å². The predicted molar refractivity (Wildman–Crippen MR) is 49.2 cm³/mol. The van der Waals surface area contributed by atoms with Gasteiger partial charge in [0, 0.05) is 5.56 Å². The molecule has 14 heavy (non-hydrogen) atoms. The summed E-state index contributed by atoms with van der Waals surface area (Å²) >= 11 is 5.25. The average Bonchev–Trinajstić information content (AvgIpc) is 2.20. The van der Waals surface area contributed by atoms with Gasteiger partial charge >= 0.3 is 0 Å². The van der Waals surface area contributed by atoms with E-state index in [-0.39, 0.29) is 11.3 Å². The molecule has 0 heterocycles. The minimum Gasteiger partial charge on any atom is -0.504 e. The Morgan fingerprint density at radius 2 is 1.93 bits per heavy atom. The molecule has 1 aromatic rings. The number of ketones is 1. The number of benzene rings is 1. The Balaban J connectivity index is 3.09. The molecule has 3 N–H and O–H groups in total. The third-order valence-electron chi connectivity index (χ3n) is 1.51. The molecule has 5 nitrogen and oxygen atoms in total. The summed E-state index contributed by atoms with van der Waals surface area (Å²) in [5.74, 6) is -1.54. The van der Waals surface area contributed by atoms with Crippen molar-refractivity contribution < 1.29 is 20.2 Å². The Morgan fingerprint density at radius 3 is 2.43 bits per heavy atom. The second kappa shape index (κ2) is 3.97. The maximum Gasteiger partial charge on any atom is 0.226 e. The zero-order chi connectivity index (χ0) is 10.7. The summed E-state index contributed by atoms with van der Waals surface area (Å²) in [7, 11) is 0. The van der Waals surface area contributed by atoms with E-state index in [1.165, 1.54) is 6.07 Å². The van der Waals surface area contributed by atoms with Crippen molar-refractivity contribution in [2.75, 3.05) is 0 Å². The fraction of sp³-hybridized carbons (Fsp3) is 0. The molecule has 1 rings (SSSR count). The molecule has 0 bridgehead atoms. The quantitative estimate of drug-likeness (QED) is 0.228. The smallest absolute Gasteiger partial charge is 0.226 e. The van der Waals surface area contributed by atoms with E-state index in [9.17, 15) is 4.79 Å². The standard InChI is InChI=1S/C8H6ClNO4/c9-8(10-14)7(13)4-1-2-5(11)6(12)3-4/h1-3,11-12,14H/b10-8-. The number of hydrogen-bond donors (Lipinski definition) is 3. The van der Waals surface area contributed by atoms with Crippen LogP contribution in [0.15, 0.2) is 23.4 Å². The molecule has 0 aliphatic rings. The molecule has 1 aromatic carbocycles. The van der Waals surface area contributed by atoms with Crippen molar-refractivity contribution in [1.82, 2.24) is 0 Å². The highest BCUT2D eigenvalue weighted by Gasteiger charge is 2.13. The molecule has 0 saturated heterocycles. The van der Waals surface area contributed by atoms with Crippen LogP contribution >= 0.6 is 11.6 Å². The first-order valence-corrected chi connectivity index (χ1v) is 3.88. The van der Waals surface area contributed by atoms with Crippen molar-refractivity contribution in [3.05, 3.63) is 23.8 Å². The molecular weight excluding hydrogens is 210 g/mol. The number of aromatic hydroxyl groups is 2. The molecule has 6 heteroatoms. The van der Waals surface area contributed by atoms with Gasteiger partial charge in [-0.1, -0.05) is 16.8 Å². The molecule has 0 unspecified atom stereocenters. The van der Waals surface area contributed by atoms with Crippen LogP contribution in [0.4, 0.5) is 0 Å². The summed E-state index contributed by atoms with van der Waals surface area (Å²) in [6.45, 7) is 0. The first-order chi connectivity index (χ1) is 6.56. The fourth-order valence-electron chi connectivity index (χ4n) is 0.829. The SMILES string of the molecule is O=C(/C(Cl)=N/O)c1ccc(O)c(O)c1. The number of carbonyl (C=O) groups excluding carboxylic acids is 1. The fourth-order valence-corrected chi connectivity index (χ4v) is 0.938. The van der Waals surface area contributed by atoms with Crippen molar-refractivity contribution in [3.63, 3.8) is 0 Å². The second-order valence-electron chi connectivity index (χ2n) is 2.42. The number of hydrogen-bond acceptors (Lipinski definition) is 5. The van der Waals surface area contributed by atoms with Crippen molar-refractivity contribution in [3.8, 4) is 11.5 Å². The molecule has 0 fully saturated rings. The number of nitrogens with zero attached hydrogens (tertiary/aromatic N) is 1. The number of rotatable bonds is 2. The first kappa shape index (κ1) is 10.3. The van der Waals surface area contributed by atoms with Crippen LogP contribution in [0, 0.1) is 0 Å². The summed E-state index contributed by atoms with van der Waals surface area (Å²) in [6.07, 6.45) is 0. The van der Waals surface area contributed by atoms with E-state index in [2.05, 4.69) is 5.16 Å². The van der Waals surface area contributed by atoms with Gasteiger partial charge in [0.2, 0.25) is 11.0 Å². The minimum absolute atomic E-state index is 0.0168. The van der Waals surface area contributed by atoms with Crippen LogP contribution < -0.4 is 0 Å². The molecule has 0 aliphatic heterocycles. The van der Waals surface area contributed by atoms with Gasteiger partial charge in [-0.15, -0.1) is 0 Å². The zero-order valence-electron chi connectivity index (χ0n) is 6.81. The maximum atomic E-state index is 11.2. The number of halogens is 1. The third-order valence-corrected chi connectivity index (χ3v) is 1.76. The van der Waals surface area contributed by atoms with Crippen LogP contribution in [0.25, 0.3) is 0 Å². The maximum absolute atomic E-state index is 11.2. The molecule has 0 saturated carbocycles. The summed E-state index contributed by atoms with van der Waals surface area (Å²) in [6, 6.07) is 3.39. The predicted octanol–water partition coefficient (Wildman–Crippen LogP) is 1.31. The number of phenols is 2. The normalized spacial score (nSPS) is 11.4. The minimum atomic E-state index is -0.746. The van der Waals surface area contributed by atoms with E-state index in [0.29, 0.717) is 0 Å². The van der Waals surface area contributed by atoms with Crippen LogP contribution in [-0.4, -0.2) is 26.4 Å². The highest BCUT2D eigenvalue weighted by atomic mass is 35.5. The lowest BCUT2D eigenvalue weighted by Gasteiger charge is -2.00. The van der Waals surface area contributed by atoms with E-state index in [1.54, 1.807) is 0 Å². The number of oxime groups is 1. The van der Waals surface area contributed by atoms with E-state index in [1.807, 2.05) is 0 Å². The van der Waals surface area contributed by atoms with Gasteiger partial charge < -0.3 is 15.4 Å². The van der Waals surface area contributed by atoms with Gasteiger partial charge in [-0.05, 0) is 18.2 Å². The van der Waals surface area contributed by atoms with Crippen LogP contribution in [0.3, 0.4) is 0 Å². The summed E-state index contributed by atoms with van der Waals surface area (Å²) in [4.78, 5) is 11.2. The van der Waals surface area contributed by atoms with Gasteiger partial charge in [0.25, 0.3) is 0 Å². The molecule has 0 aliphatic carbocycles. The zero-order valence-corrected chi connectivity index (χ0v) is 7.56. The van der Waals surface area contributed by atoms with E-state index < -0.39 is 16.7 Å². The molecule has 0 amide bonds. The molecule has 0 atom stereocenters. The molecule has 0 radical (unpaired) electrons. The van der Waals surface area contributed by atoms with E-state index >= 15 is 0 Å². The summed E-state index contributed by atoms with van der Waals surface area (Å²) in [5.41, 5.74) is 0.0168. The van der Waals surface area contributed by atoms with Crippen LogP contribution in [-0.2, 0) is 0 Å². The molecule has 74 valence electrons. The van der Waals surface area contributed by atoms with Crippen molar-refractivity contribution in [1.29, 1.82) is 0 Å². The first-order valence-electron chi connectivity index (χ1n) is 3.50. The highest BCUT2D eigenvalue weighted by molar-refractivity contribution is 6.84. The molecule has 0 aromatic heterocycles. The van der Waals surface area contributed by atoms with Gasteiger partial charge in [-0.25, -0.2) is 0 Å². The second-order valence-corrected chi connectivity index (χ2v) is 2.78. The largest absolute Gasteiger partial charge is 0.504 e. The van der Waals surface area contributed by atoms with Crippen molar-refractivity contribution >= 4 is 22.6 Å². The van der Waals surface area contributed by atoms with Gasteiger partial charge in [0.05, 0.1) is 0 Å². The third kappa shape index (κ3) is 1.94. The summed E-state index contributed by atoms with van der Waals surface area (Å²) in [5, 5.41) is 28.1. The topological polar surface area (TPSA) is 90.1 Å². The van der Waals surface area contributed by atoms with Gasteiger partial charge in [0.15, 0.2) is 11.5 Å². The van der Waals surface area contributed by atoms with Gasteiger partial charge in [-0.2, -0.15) is 0 Å². The van der Waals surface area contributed by atoms with Crippen LogP contribution in [0.2, 0.25) is 0 Å². The Labute approximate surface area is 83.9 Å². The van der Waals surface area contributed by atoms with Crippen LogP contribution in [0.1, 0.15) is 10.4 Å². The monoisotopic (exact) mass is 215 g/mol. The Morgan fingerprint density at radius 1 is 1.29 bits per heavy atom. The number of carbonyl (C=O) groups is 1. The van der Waals surface area contributed by atoms with Crippen LogP contribution in [0.5, 0.6) is 11.5 Å². The molecular formula is C8H6ClNO4. The van der Waals surface area contributed by atoms with Crippen molar-refractivity contribution in [2.45, 2.75) is 0 Å². The lowest BCUT2D eigenvalue weighted by atomic mass is 10.1. The van der Waals surface area contributed by atoms with Gasteiger partial charge in [0.1, 0.15) is 0 Å². The lowest BCUT2D eigenvalue weighted by Crippen LogP contribution is -2.07. The van der Waals surface area contributed by atoms with E-state index in [4.69, 9.17) is 27.0 Å². The highest BCUT2D eigenvalue weighted by Crippen LogP contribution is 2.25. The molecule has 0 spiro atoms.